The van der Waals surface area contributed by atoms with E-state index in [9.17, 15) is 8.78 Å². The van der Waals surface area contributed by atoms with Gasteiger partial charge in [0.15, 0.2) is 0 Å². The Morgan fingerprint density at radius 3 is 3.12 bits per heavy atom. The minimum atomic E-state index is -2.68. The standard InChI is InChI=1S/C10H11ClF2N3O/c1-16-5-10(12,13)2-6(16)4-17-7-3-14-9(11)15-8(7)16/h3,6H,2,4-5H2,1H3/q+1. The smallest absolute Gasteiger partial charge is 0.301 e. The summed E-state index contributed by atoms with van der Waals surface area (Å²) in [6.45, 7) is 0.00541. The van der Waals surface area contributed by atoms with E-state index in [-0.39, 0.29) is 35.4 Å². The molecule has 4 nitrogen and oxygen atoms in total. The van der Waals surface area contributed by atoms with Crippen molar-refractivity contribution in [1.82, 2.24) is 14.5 Å². The molecule has 92 valence electrons. The number of fused-ring (bicyclic) bond motifs is 3. The lowest BCUT2D eigenvalue weighted by Crippen LogP contribution is -2.55. The van der Waals surface area contributed by atoms with Gasteiger partial charge in [0.2, 0.25) is 11.0 Å². The summed E-state index contributed by atoms with van der Waals surface area (Å²) < 4.78 is 32.6. The third-order valence-corrected chi connectivity index (χ3v) is 3.70. The molecule has 2 aliphatic heterocycles. The van der Waals surface area contributed by atoms with Crippen molar-refractivity contribution in [1.29, 1.82) is 0 Å². The van der Waals surface area contributed by atoms with E-state index in [1.807, 2.05) is 0 Å². The predicted molar refractivity (Wildman–Crippen MR) is 58.5 cm³/mol. The number of ether oxygens (including phenoxy) is 1. The van der Waals surface area contributed by atoms with Gasteiger partial charge in [-0.15, -0.1) is 0 Å². The summed E-state index contributed by atoms with van der Waals surface area (Å²) in [5.74, 6) is -1.77. The Morgan fingerprint density at radius 2 is 2.35 bits per heavy atom. The highest BCUT2D eigenvalue weighted by Gasteiger charge is 2.59. The molecule has 17 heavy (non-hydrogen) atoms. The molecule has 0 aromatic carbocycles. The molecule has 0 bridgehead atoms. The van der Waals surface area contributed by atoms with Crippen molar-refractivity contribution in [2.45, 2.75) is 18.4 Å². The summed E-state index contributed by atoms with van der Waals surface area (Å²) in [7, 11) is 1.75. The summed E-state index contributed by atoms with van der Waals surface area (Å²) in [5.41, 5.74) is 0. The van der Waals surface area contributed by atoms with Crippen molar-refractivity contribution in [2.24, 2.45) is 0 Å². The second-order valence-corrected chi connectivity index (χ2v) is 5.12. The van der Waals surface area contributed by atoms with Crippen LogP contribution in [-0.2, 0) is 0 Å². The molecule has 2 aliphatic rings. The summed E-state index contributed by atoms with van der Waals surface area (Å²) >= 11 is 5.72. The number of hydrogen-bond acceptors (Lipinski definition) is 3. The van der Waals surface area contributed by atoms with Crippen LogP contribution >= 0.6 is 11.6 Å². The van der Waals surface area contributed by atoms with Gasteiger partial charge in [-0.3, -0.25) is 4.48 Å². The number of likely N-dealkylation sites (N-methyl/N-ethyl adjacent to an activating group) is 1. The predicted octanol–water partition coefficient (Wildman–Crippen LogP) is 1.87. The third-order valence-electron chi connectivity index (χ3n) is 3.52. The van der Waals surface area contributed by atoms with Gasteiger partial charge in [0.05, 0.1) is 19.7 Å². The van der Waals surface area contributed by atoms with E-state index in [1.165, 1.54) is 6.20 Å². The highest BCUT2D eigenvalue weighted by Crippen LogP contribution is 2.46. The maximum atomic E-state index is 13.5. The van der Waals surface area contributed by atoms with Gasteiger partial charge < -0.3 is 4.74 Å². The fourth-order valence-corrected chi connectivity index (χ4v) is 2.82. The molecule has 0 amide bonds. The van der Waals surface area contributed by atoms with Crippen LogP contribution in [0.15, 0.2) is 6.20 Å². The molecule has 1 fully saturated rings. The van der Waals surface area contributed by atoms with Crippen molar-refractivity contribution in [3.8, 4) is 5.75 Å². The normalized spacial score (nSPS) is 33.8. The van der Waals surface area contributed by atoms with Crippen molar-refractivity contribution in [3.63, 3.8) is 0 Å². The molecule has 0 aliphatic carbocycles. The van der Waals surface area contributed by atoms with Crippen LogP contribution in [0.4, 0.5) is 14.6 Å². The molecular weight excluding hydrogens is 252 g/mol. The highest BCUT2D eigenvalue weighted by atomic mass is 35.5. The highest BCUT2D eigenvalue weighted by molar-refractivity contribution is 6.28. The second-order valence-electron chi connectivity index (χ2n) is 4.78. The molecule has 1 saturated heterocycles. The van der Waals surface area contributed by atoms with Crippen LogP contribution in [0, 0.1) is 0 Å². The van der Waals surface area contributed by atoms with Crippen molar-refractivity contribution >= 4 is 17.4 Å². The molecule has 3 rings (SSSR count). The van der Waals surface area contributed by atoms with Crippen LogP contribution in [0.5, 0.6) is 5.75 Å². The number of halogens is 3. The fourth-order valence-electron chi connectivity index (χ4n) is 2.69. The average Bonchev–Trinajstić information content (AvgIpc) is 2.48. The summed E-state index contributed by atoms with van der Waals surface area (Å²) in [4.78, 5) is 7.87. The SMILES string of the molecule is C[N+]12CC(F)(F)CC1COc1cnc(Cl)nc12. The molecule has 0 spiro atoms. The molecule has 2 unspecified atom stereocenters. The molecule has 1 aromatic rings. The molecule has 0 saturated carbocycles. The van der Waals surface area contributed by atoms with Gasteiger partial charge >= 0.3 is 5.92 Å². The van der Waals surface area contributed by atoms with E-state index in [4.69, 9.17) is 16.3 Å². The van der Waals surface area contributed by atoms with Crippen molar-refractivity contribution in [2.75, 3.05) is 20.2 Å². The van der Waals surface area contributed by atoms with Gasteiger partial charge in [-0.1, -0.05) is 0 Å². The first-order chi connectivity index (χ1) is 7.91. The van der Waals surface area contributed by atoms with Crippen LogP contribution in [0.2, 0.25) is 5.28 Å². The van der Waals surface area contributed by atoms with E-state index in [1.54, 1.807) is 7.05 Å². The Balaban J connectivity index is 2.12. The molecule has 0 radical (unpaired) electrons. The first kappa shape index (κ1) is 11.1. The minimum absolute atomic E-state index is 0.0579. The number of quaternary nitrogens is 1. The number of aromatic nitrogens is 2. The maximum Gasteiger partial charge on any atom is 0.301 e. The van der Waals surface area contributed by atoms with Gasteiger partial charge in [0.25, 0.3) is 5.82 Å². The zero-order valence-electron chi connectivity index (χ0n) is 9.16. The lowest BCUT2D eigenvalue weighted by Gasteiger charge is -2.37. The van der Waals surface area contributed by atoms with Gasteiger partial charge in [0.1, 0.15) is 19.2 Å². The zero-order chi connectivity index (χ0) is 12.3. The Hall–Kier alpha value is -1.01. The minimum Gasteiger partial charge on any atom is -0.479 e. The molecular formula is C10H11ClF2N3O+. The van der Waals surface area contributed by atoms with Gasteiger partial charge in [-0.05, 0) is 11.6 Å². The maximum absolute atomic E-state index is 13.5. The van der Waals surface area contributed by atoms with Crippen LogP contribution in [0.1, 0.15) is 6.42 Å². The Bertz CT molecular complexity index is 485. The van der Waals surface area contributed by atoms with E-state index in [2.05, 4.69) is 9.97 Å². The number of alkyl halides is 2. The molecule has 3 heterocycles. The Morgan fingerprint density at radius 1 is 1.59 bits per heavy atom. The second kappa shape index (κ2) is 3.26. The number of hydrogen-bond donors (Lipinski definition) is 0. The zero-order valence-corrected chi connectivity index (χ0v) is 9.92. The van der Waals surface area contributed by atoms with E-state index < -0.39 is 5.92 Å². The van der Waals surface area contributed by atoms with Crippen LogP contribution in [0.25, 0.3) is 0 Å². The van der Waals surface area contributed by atoms with E-state index in [0.717, 1.165) is 0 Å². The largest absolute Gasteiger partial charge is 0.479 e. The van der Waals surface area contributed by atoms with Crippen LogP contribution in [0.3, 0.4) is 0 Å². The fraction of sp³-hybridized carbons (Fsp3) is 0.600. The molecule has 2 atom stereocenters. The first-order valence-electron chi connectivity index (χ1n) is 5.30. The lowest BCUT2D eigenvalue weighted by molar-refractivity contribution is 0.0144. The summed E-state index contributed by atoms with van der Waals surface area (Å²) in [6.07, 6.45) is 1.27. The van der Waals surface area contributed by atoms with Gasteiger partial charge in [0, 0.05) is 0 Å². The quantitative estimate of drug-likeness (QED) is 0.529. The van der Waals surface area contributed by atoms with Crippen LogP contribution < -0.4 is 9.22 Å². The Kier molecular flexibility index (Phi) is 2.13. The lowest BCUT2D eigenvalue weighted by atomic mass is 10.1. The first-order valence-corrected chi connectivity index (χ1v) is 5.67. The summed E-state index contributed by atoms with van der Waals surface area (Å²) in [5, 5.41) is 0.0579. The van der Waals surface area contributed by atoms with E-state index >= 15 is 0 Å². The monoisotopic (exact) mass is 262 g/mol. The third kappa shape index (κ3) is 1.58. The van der Waals surface area contributed by atoms with Gasteiger partial charge in [-0.2, -0.15) is 4.98 Å². The van der Waals surface area contributed by atoms with Crippen LogP contribution in [-0.4, -0.2) is 42.1 Å². The number of nitrogens with zero attached hydrogens (tertiary/aromatic N) is 3. The topological polar surface area (TPSA) is 35.0 Å². The summed E-state index contributed by atoms with van der Waals surface area (Å²) in [6, 6.07) is -0.275. The van der Waals surface area contributed by atoms with Gasteiger partial charge in [-0.25, -0.2) is 13.8 Å². The van der Waals surface area contributed by atoms with Crippen molar-refractivity contribution < 1.29 is 13.5 Å². The average molecular weight is 263 g/mol. The molecule has 0 N–H and O–H groups in total. The molecule has 7 heteroatoms. The Labute approximate surface area is 102 Å². The molecule has 1 aromatic heterocycles. The number of rotatable bonds is 0. The van der Waals surface area contributed by atoms with Crippen molar-refractivity contribution in [3.05, 3.63) is 11.5 Å². The van der Waals surface area contributed by atoms with E-state index in [0.29, 0.717) is 11.6 Å².